The van der Waals surface area contributed by atoms with Crippen LogP contribution in [0.1, 0.15) is 6.92 Å². The highest BCUT2D eigenvalue weighted by Gasteiger charge is 2.24. The lowest BCUT2D eigenvalue weighted by molar-refractivity contribution is -0.0518. The third-order valence-electron chi connectivity index (χ3n) is 24.4. The van der Waals surface area contributed by atoms with Crippen LogP contribution in [0, 0.1) is 0 Å². The third-order valence-corrected chi connectivity index (χ3v) is 24.4. The van der Waals surface area contributed by atoms with Crippen molar-refractivity contribution in [2.45, 2.75) is 32.8 Å². The highest BCUT2D eigenvalue weighted by Crippen LogP contribution is 2.38. The topological polar surface area (TPSA) is 346 Å². The molecule has 12 aromatic heterocycles. The molecule has 0 saturated carbocycles. The van der Waals surface area contributed by atoms with Gasteiger partial charge in [0.1, 0.15) is 28.2 Å². The van der Waals surface area contributed by atoms with E-state index < -0.39 is 25.6 Å². The summed E-state index contributed by atoms with van der Waals surface area (Å²) in [5.41, 5.74) is 14.5. The first-order valence-electron chi connectivity index (χ1n) is 45.2. The summed E-state index contributed by atoms with van der Waals surface area (Å²) in [4.78, 5) is 104. The molecule has 0 radical (unpaired) electrons. The van der Waals surface area contributed by atoms with Gasteiger partial charge >= 0.3 is 19.8 Å². The second-order valence-corrected chi connectivity index (χ2v) is 33.3. The number of rotatable bonds is 18. The number of nitrogens with one attached hydrogen (secondary N) is 7. The van der Waals surface area contributed by atoms with Crippen LogP contribution in [-0.4, -0.2) is 226 Å². The lowest BCUT2D eigenvalue weighted by atomic mass is 10.1. The van der Waals surface area contributed by atoms with Gasteiger partial charge in [-0.1, -0.05) is 18.2 Å². The Morgan fingerprint density at radius 1 is 0.317 bits per heavy atom. The fraction of sp³-hybridized carbons (Fsp3) is 0.260. The highest BCUT2D eigenvalue weighted by atomic mass is 19.3. The zero-order chi connectivity index (χ0) is 96.3. The van der Waals surface area contributed by atoms with Crippen molar-refractivity contribution in [3.63, 3.8) is 0 Å². The summed E-state index contributed by atoms with van der Waals surface area (Å²) in [5.74, 6) is -0.671. The van der Waals surface area contributed by atoms with Crippen LogP contribution in [0.2, 0.25) is 0 Å². The van der Waals surface area contributed by atoms with Gasteiger partial charge in [-0.2, -0.15) is 26.3 Å². The number of hydrogen-bond acceptors (Lipinski definition) is 26. The van der Waals surface area contributed by atoms with E-state index in [1.165, 1.54) is 88.1 Å². The van der Waals surface area contributed by atoms with Crippen LogP contribution in [0.15, 0.2) is 261 Å². The Hall–Kier alpha value is -15.8. The van der Waals surface area contributed by atoms with Gasteiger partial charge in [0.05, 0.1) is 71.1 Å². The molecular weight excluding hydrogens is 1800 g/mol. The molecule has 5 fully saturated rings. The van der Waals surface area contributed by atoms with Crippen molar-refractivity contribution >= 4 is 78.5 Å². The summed E-state index contributed by atoms with van der Waals surface area (Å²) in [7, 11) is 2.73. The standard InChI is InChI=1S/C21H22F2N4O3.C20H20F2N4O3.2C20H19N5O.C19H18F2N4O3/c1-13-11-26(8-7-24-13)15-4-6-19-25-16(10-20(28)27(19)12-15)14-3-5-17(29-2)18(9-14)30-21(22)23;1-28-16-4-2-13(10-17(16)29-20(21)22)15-11-19(27)26-12-14(3-5-18(26)24-15)25-8-6-23-7-9-25;26-20-12-18(14-1-3-17-15(11-14)5-6-22-17)23-19-4-2-16(13-25(19)20)24-9-7-21-8-10-24;26-20-12-18(15-2-1-14-5-6-22-17(14)11-15)23-19-4-3-16(13-25(19)20)24-9-7-21-8-10-24;20-19(21)28-16-9-12(1-3-15(16)26)14-10-18(27)25-11-13(2-4-17(25)23-14)24-7-5-22-6-8-24/h3-6,9-10,12-13,21,24H,7-8,11H2,1-2H3;2-5,10-12,20,23H,6-9H2,1H3;2*1-6,11-13,21-22H,7-10H2;1-4,9-11,19,22,26H,5-8H2/t13-;;;;/m0..../s1. The van der Waals surface area contributed by atoms with Crippen LogP contribution in [-0.2, 0) is 0 Å². The number of phenolic OH excluding ortho intramolecular Hbond substituents is 1. The smallest absolute Gasteiger partial charge is 0.387 e. The number of nitrogens with zero attached hydrogens (tertiary/aromatic N) is 15. The highest BCUT2D eigenvalue weighted by molar-refractivity contribution is 5.86. The molecule has 17 aromatic rings. The predicted molar refractivity (Wildman–Crippen MR) is 523 cm³/mol. The Morgan fingerprint density at radius 2 is 0.619 bits per heavy atom. The van der Waals surface area contributed by atoms with Crippen LogP contribution in [0.5, 0.6) is 34.5 Å². The van der Waals surface area contributed by atoms with Gasteiger partial charge in [-0.15, -0.1) is 0 Å². The van der Waals surface area contributed by atoms with Gasteiger partial charge in [-0.05, 0) is 158 Å². The van der Waals surface area contributed by atoms with Crippen LogP contribution >= 0.6 is 0 Å². The molecule has 0 unspecified atom stereocenters. The SMILES string of the molecule is COc1ccc(-c2cc(=O)n3cc(N4CCNCC4)ccc3n2)cc1OC(F)F.COc1ccc(-c2cc(=O)n3cc(N4CCN[C@@H](C)C4)ccc3n2)cc1OC(F)F.O=c1cc(-c2ccc(O)c(OC(F)F)c2)nc2ccc(N3CCNCC3)cn12.O=c1cc(-c2ccc3[nH]ccc3c2)nc2ccc(N3CCNCC3)cn12.O=c1cc(-c2ccc3cc[nH]c3c2)nc2ccc(N3CCNCC3)cn12. The van der Waals surface area contributed by atoms with E-state index in [0.29, 0.717) is 79.4 Å². The number of ether oxygens (including phenoxy) is 5. The molecule has 17 heterocycles. The number of aromatic nitrogens is 12. The molecule has 0 aliphatic carbocycles. The number of anilines is 5. The second-order valence-electron chi connectivity index (χ2n) is 33.3. The summed E-state index contributed by atoms with van der Waals surface area (Å²) < 4.78 is 107. The third kappa shape index (κ3) is 21.8. The zero-order valence-electron chi connectivity index (χ0n) is 75.8. The number of pyridine rings is 5. The molecule has 33 nitrogen and oxygen atoms in total. The number of phenols is 1. The monoisotopic (exact) mass is 1900 g/mol. The van der Waals surface area contributed by atoms with E-state index in [1.54, 1.807) is 69.9 Å². The maximum absolute atomic E-state index is 12.8. The van der Waals surface area contributed by atoms with Crippen molar-refractivity contribution in [1.29, 1.82) is 0 Å². The van der Waals surface area contributed by atoms with Crippen LogP contribution in [0.3, 0.4) is 0 Å². The van der Waals surface area contributed by atoms with Crippen molar-refractivity contribution in [3.8, 4) is 90.8 Å². The van der Waals surface area contributed by atoms with E-state index in [4.69, 9.17) is 19.4 Å². The van der Waals surface area contributed by atoms with Crippen LogP contribution < -0.4 is 103 Å². The fourth-order valence-electron chi connectivity index (χ4n) is 17.3. The molecular formula is C100H98F6N22O11. The molecule has 716 valence electrons. The van der Waals surface area contributed by atoms with Gasteiger partial charge in [0.15, 0.2) is 34.5 Å². The first-order valence-corrected chi connectivity index (χ1v) is 45.2. The molecule has 5 aliphatic rings. The lowest BCUT2D eigenvalue weighted by Gasteiger charge is -2.33. The molecule has 1 atom stereocenters. The first kappa shape index (κ1) is 93.6. The number of halogens is 6. The van der Waals surface area contributed by atoms with Gasteiger partial charge in [0.25, 0.3) is 27.8 Å². The molecule has 139 heavy (non-hydrogen) atoms. The Bertz CT molecular complexity index is 7460. The number of aromatic hydroxyl groups is 1. The van der Waals surface area contributed by atoms with Gasteiger partial charge in [-0.25, -0.2) is 24.9 Å². The minimum absolute atomic E-state index is 0.0591. The first-order chi connectivity index (χ1) is 67.5. The normalized spacial score (nSPS) is 15.2. The van der Waals surface area contributed by atoms with Gasteiger partial charge in [0, 0.05) is 248 Å². The zero-order valence-corrected chi connectivity index (χ0v) is 75.8. The van der Waals surface area contributed by atoms with Crippen molar-refractivity contribution in [2.24, 2.45) is 0 Å². The number of piperazine rings is 5. The Balaban J connectivity index is 0.000000115. The Labute approximate surface area is 789 Å². The van der Waals surface area contributed by atoms with Crippen molar-refractivity contribution < 1.29 is 55.1 Å². The van der Waals surface area contributed by atoms with Crippen LogP contribution in [0.25, 0.3) is 106 Å². The minimum Gasteiger partial charge on any atom is -0.504 e. The summed E-state index contributed by atoms with van der Waals surface area (Å²) in [5, 5.41) is 28.6. The molecule has 8 N–H and O–H groups in total. The molecule has 39 heteroatoms. The van der Waals surface area contributed by atoms with Gasteiger partial charge in [0.2, 0.25) is 0 Å². The second kappa shape index (κ2) is 42.2. The van der Waals surface area contributed by atoms with Crippen LogP contribution in [0.4, 0.5) is 54.8 Å². The average molecular weight is 1900 g/mol. The van der Waals surface area contributed by atoms with E-state index in [2.05, 4.69) is 103 Å². The summed E-state index contributed by atoms with van der Waals surface area (Å²) in [6.07, 6.45) is 12.9. The molecule has 0 spiro atoms. The van der Waals surface area contributed by atoms with Crippen molar-refractivity contribution in [3.05, 3.63) is 289 Å². The largest absolute Gasteiger partial charge is 0.504 e. The number of methoxy groups -OCH3 is 2. The van der Waals surface area contributed by atoms with E-state index in [0.717, 1.165) is 186 Å². The quantitative estimate of drug-likeness (QED) is 0.0370. The van der Waals surface area contributed by atoms with Gasteiger partial charge < -0.3 is 89.8 Å². The van der Waals surface area contributed by atoms with Crippen molar-refractivity contribution in [1.82, 2.24) is 83.5 Å². The molecule has 22 rings (SSSR count). The Morgan fingerprint density at radius 3 is 0.978 bits per heavy atom. The number of aromatic amines is 2. The van der Waals surface area contributed by atoms with E-state index in [9.17, 15) is 55.4 Å². The molecule has 5 aromatic carbocycles. The summed E-state index contributed by atoms with van der Waals surface area (Å²) >= 11 is 0. The molecule has 5 aliphatic heterocycles. The number of H-pyrrole nitrogens is 2. The minimum atomic E-state index is -3.07. The fourth-order valence-corrected chi connectivity index (χ4v) is 17.3. The molecule has 0 bridgehead atoms. The van der Waals surface area contributed by atoms with E-state index in [-0.39, 0.29) is 56.5 Å². The molecule has 5 saturated heterocycles. The summed E-state index contributed by atoms with van der Waals surface area (Å²) in [6, 6.07) is 55.9. The maximum Gasteiger partial charge on any atom is 0.387 e. The lowest BCUT2D eigenvalue weighted by Crippen LogP contribution is -2.49. The average Bonchev–Trinajstić information content (AvgIpc) is 1.16. The molecule has 0 amide bonds. The van der Waals surface area contributed by atoms with E-state index in [1.807, 2.05) is 110 Å². The van der Waals surface area contributed by atoms with Crippen molar-refractivity contribution in [2.75, 3.05) is 163 Å². The Kier molecular flexibility index (Phi) is 28.4. The predicted octanol–water partition coefficient (Wildman–Crippen LogP) is 11.7. The maximum atomic E-state index is 12.8. The number of benzene rings is 5. The number of hydrogen-bond donors (Lipinski definition) is 8. The van der Waals surface area contributed by atoms with Gasteiger partial charge in [-0.3, -0.25) is 46.0 Å². The summed E-state index contributed by atoms with van der Waals surface area (Å²) in [6.45, 7) is 10.3. The van der Waals surface area contributed by atoms with E-state index >= 15 is 0 Å². The number of alkyl halides is 6. The number of fused-ring (bicyclic) bond motifs is 7.